The number of hydrogen-bond acceptors (Lipinski definition) is 3. The molecule has 0 radical (unpaired) electrons. The van der Waals surface area contributed by atoms with Crippen LogP contribution < -0.4 is 5.32 Å². The van der Waals surface area contributed by atoms with Gasteiger partial charge in [0, 0.05) is 25.6 Å². The lowest BCUT2D eigenvalue weighted by molar-refractivity contribution is -0.131. The van der Waals surface area contributed by atoms with Gasteiger partial charge in [0.25, 0.3) is 0 Å². The fourth-order valence-electron chi connectivity index (χ4n) is 4.33. The molecule has 4 nitrogen and oxygen atoms in total. The summed E-state index contributed by atoms with van der Waals surface area (Å²) < 4.78 is 13.8. The maximum Gasteiger partial charge on any atom is 0.227 e. The molecule has 2 heterocycles. The number of aliphatic hydroxyl groups is 1. The third kappa shape index (κ3) is 3.24. The van der Waals surface area contributed by atoms with Crippen LogP contribution in [-0.2, 0) is 17.8 Å². The molecule has 0 bridgehead atoms. The van der Waals surface area contributed by atoms with Crippen molar-refractivity contribution in [2.75, 3.05) is 19.6 Å². The van der Waals surface area contributed by atoms with Crippen LogP contribution in [0, 0.1) is 17.7 Å². The lowest BCUT2D eigenvalue weighted by Gasteiger charge is -2.28. The Morgan fingerprint density at radius 2 is 1.92 bits per heavy atom. The van der Waals surface area contributed by atoms with Gasteiger partial charge < -0.3 is 15.3 Å². The Balaban J connectivity index is 1.57. The van der Waals surface area contributed by atoms with E-state index in [4.69, 9.17) is 5.11 Å². The van der Waals surface area contributed by atoms with Gasteiger partial charge in [-0.2, -0.15) is 0 Å². The molecule has 2 saturated heterocycles. The summed E-state index contributed by atoms with van der Waals surface area (Å²) in [6, 6.07) is 14.0. The van der Waals surface area contributed by atoms with Crippen molar-refractivity contribution in [3.05, 3.63) is 71.0 Å². The molecule has 5 heteroatoms. The molecule has 0 spiro atoms. The second-order valence-electron chi connectivity index (χ2n) is 7.28. The molecule has 2 aliphatic rings. The zero-order chi connectivity index (χ0) is 18.1. The SMILES string of the molecule is O=C(Cc1ccc(CO)cc1)N1C[C@@H]2CNC[C@@H]2[C@@H]1c1cccc(F)c1. The fourth-order valence-corrected chi connectivity index (χ4v) is 4.33. The molecule has 0 saturated carbocycles. The van der Waals surface area contributed by atoms with Gasteiger partial charge in [-0.3, -0.25) is 4.79 Å². The molecule has 2 fully saturated rings. The maximum atomic E-state index is 13.8. The van der Waals surface area contributed by atoms with E-state index < -0.39 is 0 Å². The van der Waals surface area contributed by atoms with E-state index in [-0.39, 0.29) is 24.4 Å². The number of carbonyl (C=O) groups is 1. The quantitative estimate of drug-likeness (QED) is 0.886. The van der Waals surface area contributed by atoms with Gasteiger partial charge >= 0.3 is 0 Å². The molecule has 0 aliphatic carbocycles. The van der Waals surface area contributed by atoms with Crippen molar-refractivity contribution < 1.29 is 14.3 Å². The topological polar surface area (TPSA) is 52.6 Å². The average molecular weight is 354 g/mol. The number of hydrogen-bond donors (Lipinski definition) is 2. The number of nitrogens with zero attached hydrogens (tertiary/aromatic N) is 1. The second-order valence-corrected chi connectivity index (χ2v) is 7.28. The number of halogens is 1. The van der Waals surface area contributed by atoms with Crippen molar-refractivity contribution in [3.8, 4) is 0 Å². The van der Waals surface area contributed by atoms with Crippen LogP contribution in [0.1, 0.15) is 22.7 Å². The minimum absolute atomic E-state index is 0.00163. The molecule has 3 atom stereocenters. The summed E-state index contributed by atoms with van der Waals surface area (Å²) in [5.74, 6) is 0.566. The van der Waals surface area contributed by atoms with Gasteiger partial charge in [-0.25, -0.2) is 4.39 Å². The Bertz CT molecular complexity index is 793. The number of fused-ring (bicyclic) bond motifs is 1. The van der Waals surface area contributed by atoms with Crippen LogP contribution >= 0.6 is 0 Å². The molecular formula is C21H23FN2O2. The van der Waals surface area contributed by atoms with Gasteiger partial charge in [0.2, 0.25) is 5.91 Å². The zero-order valence-corrected chi connectivity index (χ0v) is 14.6. The Kier molecular flexibility index (Phi) is 4.74. The van der Waals surface area contributed by atoms with E-state index in [0.29, 0.717) is 24.8 Å². The van der Waals surface area contributed by atoms with Gasteiger partial charge in [-0.15, -0.1) is 0 Å². The predicted octanol–water partition coefficient (Wildman–Crippen LogP) is 2.28. The largest absolute Gasteiger partial charge is 0.392 e. The molecular weight excluding hydrogens is 331 g/mol. The summed E-state index contributed by atoms with van der Waals surface area (Å²) in [4.78, 5) is 15.0. The molecule has 2 N–H and O–H groups in total. The van der Waals surface area contributed by atoms with Gasteiger partial charge in [0.15, 0.2) is 0 Å². The Morgan fingerprint density at radius 3 is 2.65 bits per heavy atom. The van der Waals surface area contributed by atoms with E-state index in [9.17, 15) is 9.18 Å². The molecule has 0 unspecified atom stereocenters. The maximum absolute atomic E-state index is 13.8. The average Bonchev–Trinajstić information content (AvgIpc) is 3.23. The number of nitrogens with one attached hydrogen (secondary N) is 1. The van der Waals surface area contributed by atoms with E-state index in [1.54, 1.807) is 12.1 Å². The minimum atomic E-state index is -0.260. The number of aliphatic hydroxyl groups excluding tert-OH is 1. The molecule has 0 aromatic heterocycles. The Hall–Kier alpha value is -2.24. The lowest BCUT2D eigenvalue weighted by Crippen LogP contribution is -2.35. The summed E-state index contributed by atoms with van der Waals surface area (Å²) in [7, 11) is 0. The molecule has 136 valence electrons. The Morgan fingerprint density at radius 1 is 1.15 bits per heavy atom. The van der Waals surface area contributed by atoms with Crippen molar-refractivity contribution in [3.63, 3.8) is 0 Å². The van der Waals surface area contributed by atoms with Crippen LogP contribution in [-0.4, -0.2) is 35.5 Å². The predicted molar refractivity (Wildman–Crippen MR) is 96.8 cm³/mol. The summed E-state index contributed by atoms with van der Waals surface area (Å²) in [5.41, 5.74) is 2.64. The third-order valence-corrected chi connectivity index (χ3v) is 5.64. The number of amides is 1. The third-order valence-electron chi connectivity index (χ3n) is 5.64. The molecule has 2 aliphatic heterocycles. The molecule has 2 aromatic rings. The summed E-state index contributed by atoms with van der Waals surface area (Å²) >= 11 is 0. The van der Waals surface area contributed by atoms with E-state index in [2.05, 4.69) is 5.32 Å². The van der Waals surface area contributed by atoms with Gasteiger partial charge in [-0.1, -0.05) is 36.4 Å². The fraction of sp³-hybridized carbons (Fsp3) is 0.381. The molecule has 26 heavy (non-hydrogen) atoms. The van der Waals surface area contributed by atoms with E-state index >= 15 is 0 Å². The highest BCUT2D eigenvalue weighted by molar-refractivity contribution is 5.79. The first-order valence-corrected chi connectivity index (χ1v) is 9.10. The van der Waals surface area contributed by atoms with Crippen molar-refractivity contribution in [1.82, 2.24) is 10.2 Å². The zero-order valence-electron chi connectivity index (χ0n) is 14.6. The van der Waals surface area contributed by atoms with Crippen molar-refractivity contribution >= 4 is 5.91 Å². The van der Waals surface area contributed by atoms with Crippen molar-refractivity contribution in [2.24, 2.45) is 11.8 Å². The number of carbonyl (C=O) groups excluding carboxylic acids is 1. The second kappa shape index (κ2) is 7.17. The lowest BCUT2D eigenvalue weighted by atomic mass is 9.89. The van der Waals surface area contributed by atoms with E-state index in [0.717, 1.165) is 29.8 Å². The van der Waals surface area contributed by atoms with Crippen LogP contribution in [0.3, 0.4) is 0 Å². The smallest absolute Gasteiger partial charge is 0.227 e. The van der Waals surface area contributed by atoms with Gasteiger partial charge in [0.05, 0.1) is 19.1 Å². The number of benzene rings is 2. The summed E-state index contributed by atoms with van der Waals surface area (Å²) in [6.07, 6.45) is 0.324. The van der Waals surface area contributed by atoms with Crippen LogP contribution in [0.5, 0.6) is 0 Å². The van der Waals surface area contributed by atoms with Crippen molar-refractivity contribution in [1.29, 1.82) is 0 Å². The highest BCUT2D eigenvalue weighted by Gasteiger charge is 2.46. The normalized spacial score (nSPS) is 24.7. The highest BCUT2D eigenvalue weighted by Crippen LogP contribution is 2.42. The van der Waals surface area contributed by atoms with Crippen LogP contribution in [0.25, 0.3) is 0 Å². The minimum Gasteiger partial charge on any atom is -0.392 e. The van der Waals surface area contributed by atoms with Crippen LogP contribution in [0.15, 0.2) is 48.5 Å². The van der Waals surface area contributed by atoms with Gasteiger partial charge in [-0.05, 0) is 34.7 Å². The number of likely N-dealkylation sites (tertiary alicyclic amines) is 1. The highest BCUT2D eigenvalue weighted by atomic mass is 19.1. The van der Waals surface area contributed by atoms with Gasteiger partial charge in [0.1, 0.15) is 5.82 Å². The standard InChI is InChI=1S/C21H23FN2O2/c22-18-3-1-2-16(9-18)21-19-11-23-10-17(19)12-24(21)20(26)8-14-4-6-15(13-25)7-5-14/h1-7,9,17,19,21,23,25H,8,10-13H2/t17-,19-,21-/m0/s1. The van der Waals surface area contributed by atoms with E-state index in [1.165, 1.54) is 6.07 Å². The first kappa shape index (κ1) is 17.2. The molecule has 1 amide bonds. The number of rotatable bonds is 4. The summed E-state index contributed by atoms with van der Waals surface area (Å²) in [5, 5.41) is 12.6. The first-order chi connectivity index (χ1) is 12.7. The molecule has 4 rings (SSSR count). The van der Waals surface area contributed by atoms with E-state index in [1.807, 2.05) is 35.2 Å². The Labute approximate surface area is 152 Å². The molecule has 2 aromatic carbocycles. The van der Waals surface area contributed by atoms with Crippen molar-refractivity contribution in [2.45, 2.75) is 19.1 Å². The van der Waals surface area contributed by atoms with Crippen LogP contribution in [0.2, 0.25) is 0 Å². The summed E-state index contributed by atoms with van der Waals surface area (Å²) in [6.45, 7) is 2.48. The monoisotopic (exact) mass is 354 g/mol. The first-order valence-electron chi connectivity index (χ1n) is 9.10. The van der Waals surface area contributed by atoms with Crippen LogP contribution in [0.4, 0.5) is 4.39 Å².